The average Bonchev–Trinajstić information content (AvgIpc) is 3.10. The first-order chi connectivity index (χ1) is 17.0. The summed E-state index contributed by atoms with van der Waals surface area (Å²) in [5.74, 6) is -2.42. The molecule has 0 spiro atoms. The molecule has 1 aliphatic heterocycles. The Morgan fingerprint density at radius 2 is 1.81 bits per heavy atom. The van der Waals surface area contributed by atoms with Gasteiger partial charge in [0.1, 0.15) is 28.6 Å². The van der Waals surface area contributed by atoms with Crippen LogP contribution in [0.2, 0.25) is 5.02 Å². The smallest absolute Gasteiger partial charge is 0.257 e. The lowest BCUT2D eigenvalue weighted by atomic mass is 9.47. The van der Waals surface area contributed by atoms with Crippen LogP contribution in [0.25, 0.3) is 16.7 Å². The number of benzene rings is 1. The van der Waals surface area contributed by atoms with Crippen molar-refractivity contribution in [2.45, 2.75) is 42.7 Å². The fourth-order valence-corrected chi connectivity index (χ4v) is 5.81. The molecule has 0 radical (unpaired) electrons. The number of fused-ring (bicyclic) bond motifs is 1. The minimum Gasteiger partial charge on any atom is -0.389 e. The average molecular weight is 521 g/mol. The third-order valence-electron chi connectivity index (χ3n) is 7.23. The van der Waals surface area contributed by atoms with Gasteiger partial charge in [-0.3, -0.25) is 14.2 Å². The lowest BCUT2D eigenvalue weighted by Gasteiger charge is -2.65. The number of carbonyl (C=O) groups is 1. The summed E-state index contributed by atoms with van der Waals surface area (Å²) in [5, 5.41) is 22.2. The standard InChI is InChI=1S/C24H20ClF3N4O4/c25-14-3-11(26)4-15(27)19(14)32-5-13(22(36)30-24-8-23(28,9-24)10-24)20(35)12-1-2-18(29-21(12)32)31-6-16(33)17(34)7-31/h1-5,16-17,33-34H,6-10H2,(H,30,36)/t16-,17-,23?,24?/m1/s1. The van der Waals surface area contributed by atoms with Gasteiger partial charge in [0.2, 0.25) is 5.43 Å². The van der Waals surface area contributed by atoms with Gasteiger partial charge in [0.25, 0.3) is 5.91 Å². The van der Waals surface area contributed by atoms with Gasteiger partial charge in [0.15, 0.2) is 11.5 Å². The van der Waals surface area contributed by atoms with Gasteiger partial charge >= 0.3 is 0 Å². The van der Waals surface area contributed by atoms with Gasteiger partial charge < -0.3 is 20.4 Å². The van der Waals surface area contributed by atoms with Crippen LogP contribution in [0.5, 0.6) is 0 Å². The molecular formula is C24H20ClF3N4O4. The Morgan fingerprint density at radius 3 is 2.42 bits per heavy atom. The summed E-state index contributed by atoms with van der Waals surface area (Å²) in [6.07, 6.45) is -0.400. The number of amides is 1. The van der Waals surface area contributed by atoms with Gasteiger partial charge in [-0.2, -0.15) is 0 Å². The van der Waals surface area contributed by atoms with E-state index in [1.165, 1.54) is 12.1 Å². The first-order valence-corrected chi connectivity index (χ1v) is 11.7. The summed E-state index contributed by atoms with van der Waals surface area (Å²) in [7, 11) is 0. The van der Waals surface area contributed by atoms with Gasteiger partial charge in [0, 0.05) is 50.2 Å². The van der Waals surface area contributed by atoms with E-state index in [9.17, 15) is 33.0 Å². The van der Waals surface area contributed by atoms with E-state index in [4.69, 9.17) is 11.6 Å². The van der Waals surface area contributed by atoms with Crippen molar-refractivity contribution in [3.8, 4) is 5.69 Å². The molecule has 1 saturated heterocycles. The SMILES string of the molecule is O=C(NC12CC(F)(C1)C2)c1cn(-c2c(F)cc(F)cc2Cl)c2nc(N3C[C@@H](O)[C@H](O)C3)ccc2c1=O. The molecule has 2 bridgehead atoms. The Bertz CT molecular complexity index is 1460. The molecule has 3 saturated carbocycles. The molecule has 188 valence electrons. The normalized spacial score (nSPS) is 28.7. The van der Waals surface area contributed by atoms with Gasteiger partial charge in [-0.1, -0.05) is 11.6 Å². The fourth-order valence-electron chi connectivity index (χ4n) is 5.53. The van der Waals surface area contributed by atoms with Crippen LogP contribution >= 0.6 is 11.6 Å². The van der Waals surface area contributed by atoms with Crippen LogP contribution in [0.3, 0.4) is 0 Å². The Hall–Kier alpha value is -3.15. The van der Waals surface area contributed by atoms with Crippen molar-refractivity contribution in [3.63, 3.8) is 0 Å². The summed E-state index contributed by atoms with van der Waals surface area (Å²) in [6, 6.07) is 4.39. The zero-order valence-corrected chi connectivity index (χ0v) is 19.4. The van der Waals surface area contributed by atoms with Crippen LogP contribution in [0, 0.1) is 11.6 Å². The molecule has 4 fully saturated rings. The zero-order chi connectivity index (χ0) is 25.6. The Balaban J connectivity index is 1.51. The van der Waals surface area contributed by atoms with E-state index < -0.39 is 46.4 Å². The molecule has 3 aliphatic carbocycles. The van der Waals surface area contributed by atoms with Crippen LogP contribution < -0.4 is 15.6 Å². The van der Waals surface area contributed by atoms with Gasteiger partial charge in [-0.05, 0) is 18.2 Å². The lowest BCUT2D eigenvalue weighted by molar-refractivity contribution is -0.162. The Labute approximate surface area is 206 Å². The predicted molar refractivity (Wildman–Crippen MR) is 124 cm³/mol. The van der Waals surface area contributed by atoms with Crippen molar-refractivity contribution < 1.29 is 28.2 Å². The Morgan fingerprint density at radius 1 is 1.14 bits per heavy atom. The highest BCUT2D eigenvalue weighted by Crippen LogP contribution is 2.62. The van der Waals surface area contributed by atoms with Crippen molar-refractivity contribution in [2.24, 2.45) is 0 Å². The molecule has 4 aliphatic rings. The number of nitrogens with one attached hydrogen (secondary N) is 1. The largest absolute Gasteiger partial charge is 0.389 e. The summed E-state index contributed by atoms with van der Waals surface area (Å²) < 4.78 is 43.8. The van der Waals surface area contributed by atoms with Crippen molar-refractivity contribution >= 4 is 34.4 Å². The number of aromatic nitrogens is 2. The minimum absolute atomic E-state index is 0.0361. The monoisotopic (exact) mass is 520 g/mol. The van der Waals surface area contributed by atoms with Crippen LogP contribution in [0.4, 0.5) is 19.0 Å². The highest BCUT2D eigenvalue weighted by atomic mass is 35.5. The molecule has 3 heterocycles. The number of halogens is 4. The second-order valence-electron chi connectivity index (χ2n) is 9.96. The van der Waals surface area contributed by atoms with E-state index in [1.54, 1.807) is 4.90 Å². The van der Waals surface area contributed by atoms with E-state index >= 15 is 0 Å². The number of hydrogen-bond donors (Lipinski definition) is 3. The minimum atomic E-state index is -1.27. The summed E-state index contributed by atoms with van der Waals surface area (Å²) in [5.41, 5.74) is -3.36. The number of carbonyl (C=O) groups excluding carboxylic acids is 1. The maximum Gasteiger partial charge on any atom is 0.257 e. The van der Waals surface area contributed by atoms with Crippen molar-refractivity contribution in [2.75, 3.05) is 18.0 Å². The maximum absolute atomic E-state index is 15.0. The third kappa shape index (κ3) is 3.48. The number of rotatable bonds is 4. The van der Waals surface area contributed by atoms with E-state index in [1.807, 2.05) is 0 Å². The second-order valence-corrected chi connectivity index (χ2v) is 10.4. The van der Waals surface area contributed by atoms with E-state index in [0.29, 0.717) is 6.07 Å². The molecule has 12 heteroatoms. The lowest BCUT2D eigenvalue weighted by Crippen LogP contribution is -2.76. The zero-order valence-electron chi connectivity index (χ0n) is 18.6. The third-order valence-corrected chi connectivity index (χ3v) is 7.52. The molecule has 0 unspecified atom stereocenters. The van der Waals surface area contributed by atoms with Crippen molar-refractivity contribution in [1.29, 1.82) is 0 Å². The molecule has 3 N–H and O–H groups in total. The predicted octanol–water partition coefficient (Wildman–Crippen LogP) is 2.23. The molecule has 1 amide bonds. The number of alkyl halides is 1. The van der Waals surface area contributed by atoms with Gasteiger partial charge in [-0.15, -0.1) is 0 Å². The van der Waals surface area contributed by atoms with E-state index in [-0.39, 0.29) is 65.5 Å². The molecule has 36 heavy (non-hydrogen) atoms. The number of anilines is 1. The summed E-state index contributed by atoms with van der Waals surface area (Å²) in [6.45, 7) is 0.155. The number of aliphatic hydroxyl groups excluding tert-OH is 2. The number of β-amino-alcohol motifs (C(OH)–C–C–N with tert-alkyl or cyclic N) is 2. The highest BCUT2D eigenvalue weighted by molar-refractivity contribution is 6.32. The molecular weight excluding hydrogens is 501 g/mol. The first kappa shape index (κ1) is 23.3. The molecule has 2 atom stereocenters. The molecule has 7 rings (SSSR count). The maximum atomic E-state index is 15.0. The van der Waals surface area contributed by atoms with Crippen LogP contribution in [-0.2, 0) is 0 Å². The fraction of sp³-hybridized carbons (Fsp3) is 0.375. The molecule has 1 aromatic carbocycles. The van der Waals surface area contributed by atoms with Crippen molar-refractivity contribution in [1.82, 2.24) is 14.9 Å². The van der Waals surface area contributed by atoms with Crippen LogP contribution in [0.15, 0.2) is 35.3 Å². The quantitative estimate of drug-likeness (QED) is 0.487. The molecule has 8 nitrogen and oxygen atoms in total. The highest BCUT2D eigenvalue weighted by Gasteiger charge is 2.70. The number of aliphatic hydroxyl groups is 2. The topological polar surface area (TPSA) is 108 Å². The van der Waals surface area contributed by atoms with Crippen LogP contribution in [0.1, 0.15) is 29.6 Å². The summed E-state index contributed by atoms with van der Waals surface area (Å²) in [4.78, 5) is 32.4. The number of nitrogens with zero attached hydrogens (tertiary/aromatic N) is 3. The van der Waals surface area contributed by atoms with E-state index in [2.05, 4.69) is 10.3 Å². The van der Waals surface area contributed by atoms with Crippen LogP contribution in [-0.4, -0.2) is 62.2 Å². The van der Waals surface area contributed by atoms with E-state index in [0.717, 1.165) is 16.8 Å². The Kier molecular flexibility index (Phi) is 4.96. The van der Waals surface area contributed by atoms with Gasteiger partial charge in [0.05, 0.1) is 22.6 Å². The molecule has 2 aromatic heterocycles. The number of pyridine rings is 2. The van der Waals surface area contributed by atoms with Crippen molar-refractivity contribution in [3.05, 3.63) is 62.9 Å². The number of hydrogen-bond acceptors (Lipinski definition) is 6. The second kappa shape index (κ2) is 7.67. The molecule has 3 aromatic rings. The summed E-state index contributed by atoms with van der Waals surface area (Å²) >= 11 is 6.18. The van der Waals surface area contributed by atoms with Gasteiger partial charge in [-0.25, -0.2) is 18.2 Å². The first-order valence-electron chi connectivity index (χ1n) is 11.3.